The number of aromatic nitrogens is 1. The lowest BCUT2D eigenvalue weighted by Crippen LogP contribution is -2.30. The van der Waals surface area contributed by atoms with Crippen LogP contribution in [-0.2, 0) is 4.74 Å². The molecule has 1 aromatic carbocycles. The van der Waals surface area contributed by atoms with Crippen molar-refractivity contribution in [1.29, 1.82) is 0 Å². The van der Waals surface area contributed by atoms with Crippen molar-refractivity contribution in [2.45, 2.75) is 6.42 Å². The third-order valence-corrected chi connectivity index (χ3v) is 4.17. The molecule has 1 aliphatic rings. The van der Waals surface area contributed by atoms with Crippen LogP contribution in [0.2, 0.25) is 5.02 Å². The number of hydrogen-bond donors (Lipinski definition) is 0. The quantitative estimate of drug-likeness (QED) is 0.875. The van der Waals surface area contributed by atoms with Crippen LogP contribution in [0.3, 0.4) is 0 Å². The average molecular weight is 305 g/mol. The maximum Gasteiger partial charge on any atom is 0.272 e. The molecule has 3 rings (SSSR count). The summed E-state index contributed by atoms with van der Waals surface area (Å²) in [5.41, 5.74) is 1.16. The van der Waals surface area contributed by atoms with Crippen molar-refractivity contribution in [3.05, 3.63) is 41.0 Å². The molecule has 1 fully saturated rings. The van der Waals surface area contributed by atoms with Gasteiger partial charge in [0.2, 0.25) is 0 Å². The van der Waals surface area contributed by atoms with E-state index in [1.165, 1.54) is 0 Å². The van der Waals surface area contributed by atoms with E-state index in [2.05, 4.69) is 4.98 Å². The molecule has 1 unspecified atom stereocenters. The smallest absolute Gasteiger partial charge is 0.272 e. The van der Waals surface area contributed by atoms with Crippen molar-refractivity contribution in [3.8, 4) is 0 Å². The zero-order valence-electron chi connectivity index (χ0n) is 11.9. The predicted octanol–water partition coefficient (Wildman–Crippen LogP) is 3.00. The topological polar surface area (TPSA) is 42.4 Å². The first kappa shape index (κ1) is 14.3. The fraction of sp³-hybridized carbons (Fsp3) is 0.375. The van der Waals surface area contributed by atoms with Crippen molar-refractivity contribution in [3.63, 3.8) is 0 Å². The van der Waals surface area contributed by atoms with E-state index in [1.54, 1.807) is 13.2 Å². The maximum atomic E-state index is 12.6. The summed E-state index contributed by atoms with van der Waals surface area (Å²) in [5.74, 6) is 0.358. The molecule has 0 saturated carbocycles. The Morgan fingerprint density at radius 3 is 3.10 bits per heavy atom. The molecule has 4 nitrogen and oxygen atoms in total. The Kier molecular flexibility index (Phi) is 4.08. The molecular formula is C16H17ClN2O2. The molecule has 0 aliphatic carbocycles. The van der Waals surface area contributed by atoms with Gasteiger partial charge < -0.3 is 9.64 Å². The van der Waals surface area contributed by atoms with E-state index in [0.717, 1.165) is 30.4 Å². The van der Waals surface area contributed by atoms with Gasteiger partial charge in [0.1, 0.15) is 5.69 Å². The molecule has 21 heavy (non-hydrogen) atoms. The highest BCUT2D eigenvalue weighted by Gasteiger charge is 2.27. The van der Waals surface area contributed by atoms with Gasteiger partial charge in [-0.05, 0) is 18.6 Å². The molecule has 1 saturated heterocycles. The normalized spacial score (nSPS) is 18.4. The number of nitrogens with zero attached hydrogens (tertiary/aromatic N) is 2. The molecule has 1 atom stereocenters. The zero-order valence-corrected chi connectivity index (χ0v) is 12.6. The number of methoxy groups -OCH3 is 1. The number of para-hydroxylation sites is 1. The number of pyridine rings is 1. The molecule has 1 aliphatic heterocycles. The summed E-state index contributed by atoms with van der Waals surface area (Å²) in [5, 5.41) is 1.44. The molecular weight excluding hydrogens is 288 g/mol. The summed E-state index contributed by atoms with van der Waals surface area (Å²) in [6.45, 7) is 2.16. The number of ether oxygens (including phenoxy) is 1. The molecule has 110 valence electrons. The van der Waals surface area contributed by atoms with Crippen molar-refractivity contribution < 1.29 is 9.53 Å². The maximum absolute atomic E-state index is 12.6. The third-order valence-electron chi connectivity index (χ3n) is 3.86. The standard InChI is InChI=1S/C16H17ClN2O2/c1-21-10-11-6-7-19(9-11)16(20)15-8-13(17)12-4-2-3-5-14(12)18-15/h2-5,8,11H,6-7,9-10H2,1H3. The molecule has 1 aromatic heterocycles. The van der Waals surface area contributed by atoms with E-state index >= 15 is 0 Å². The Morgan fingerprint density at radius 2 is 2.29 bits per heavy atom. The minimum atomic E-state index is -0.0544. The first-order valence-electron chi connectivity index (χ1n) is 7.02. The van der Waals surface area contributed by atoms with Gasteiger partial charge in [-0.2, -0.15) is 0 Å². The van der Waals surface area contributed by atoms with Gasteiger partial charge in [-0.3, -0.25) is 4.79 Å². The molecule has 1 amide bonds. The second kappa shape index (κ2) is 6.00. The third kappa shape index (κ3) is 2.87. The van der Waals surface area contributed by atoms with E-state index in [-0.39, 0.29) is 5.91 Å². The highest BCUT2D eigenvalue weighted by atomic mass is 35.5. The number of halogens is 1. The number of hydrogen-bond acceptors (Lipinski definition) is 3. The average Bonchev–Trinajstić information content (AvgIpc) is 2.95. The fourth-order valence-electron chi connectivity index (χ4n) is 2.79. The van der Waals surface area contributed by atoms with Crippen LogP contribution in [0.5, 0.6) is 0 Å². The number of rotatable bonds is 3. The van der Waals surface area contributed by atoms with Gasteiger partial charge in [-0.1, -0.05) is 29.8 Å². The van der Waals surface area contributed by atoms with Crippen LogP contribution in [0.15, 0.2) is 30.3 Å². The highest BCUT2D eigenvalue weighted by molar-refractivity contribution is 6.35. The monoisotopic (exact) mass is 304 g/mol. The number of benzene rings is 1. The van der Waals surface area contributed by atoms with Crippen LogP contribution in [0.1, 0.15) is 16.9 Å². The molecule has 5 heteroatoms. The molecule has 2 heterocycles. The van der Waals surface area contributed by atoms with Gasteiger partial charge in [0, 0.05) is 31.5 Å². The first-order valence-corrected chi connectivity index (χ1v) is 7.40. The summed E-state index contributed by atoms with van der Waals surface area (Å²) >= 11 is 6.26. The van der Waals surface area contributed by atoms with E-state index in [0.29, 0.717) is 23.2 Å². The molecule has 0 radical (unpaired) electrons. The van der Waals surface area contributed by atoms with Crippen LogP contribution in [0, 0.1) is 5.92 Å². The summed E-state index contributed by atoms with van der Waals surface area (Å²) in [4.78, 5) is 18.8. The SMILES string of the molecule is COCC1CCN(C(=O)c2cc(Cl)c3ccccc3n2)C1. The number of carbonyl (C=O) groups is 1. The first-order chi connectivity index (χ1) is 10.2. The van der Waals surface area contributed by atoms with Gasteiger partial charge in [0.15, 0.2) is 0 Å². The summed E-state index contributed by atoms with van der Waals surface area (Å²) in [7, 11) is 1.69. The van der Waals surface area contributed by atoms with Gasteiger partial charge in [0.05, 0.1) is 17.1 Å². The lowest BCUT2D eigenvalue weighted by atomic mass is 10.1. The summed E-state index contributed by atoms with van der Waals surface area (Å²) in [6.07, 6.45) is 0.973. The summed E-state index contributed by atoms with van der Waals surface area (Å²) in [6, 6.07) is 9.24. The van der Waals surface area contributed by atoms with E-state index in [4.69, 9.17) is 16.3 Å². The second-order valence-corrected chi connectivity index (χ2v) is 5.77. The minimum Gasteiger partial charge on any atom is -0.384 e. The molecule has 0 bridgehead atoms. The van der Waals surface area contributed by atoms with E-state index in [1.807, 2.05) is 29.2 Å². The number of amides is 1. The molecule has 2 aromatic rings. The highest BCUT2D eigenvalue weighted by Crippen LogP contribution is 2.25. The fourth-order valence-corrected chi connectivity index (χ4v) is 3.06. The Bertz CT molecular complexity index is 674. The van der Waals surface area contributed by atoms with Gasteiger partial charge in [-0.15, -0.1) is 0 Å². The van der Waals surface area contributed by atoms with Crippen LogP contribution in [-0.4, -0.2) is 42.6 Å². The number of carbonyl (C=O) groups excluding carboxylic acids is 1. The lowest BCUT2D eigenvalue weighted by Gasteiger charge is -2.16. The van der Waals surface area contributed by atoms with Gasteiger partial charge >= 0.3 is 0 Å². The van der Waals surface area contributed by atoms with Gasteiger partial charge in [-0.25, -0.2) is 4.98 Å². The van der Waals surface area contributed by atoms with Crippen molar-refractivity contribution in [2.24, 2.45) is 5.92 Å². The van der Waals surface area contributed by atoms with Gasteiger partial charge in [0.25, 0.3) is 5.91 Å². The van der Waals surface area contributed by atoms with E-state index in [9.17, 15) is 4.79 Å². The largest absolute Gasteiger partial charge is 0.384 e. The zero-order chi connectivity index (χ0) is 14.8. The second-order valence-electron chi connectivity index (χ2n) is 5.37. The Labute approximate surface area is 128 Å². The molecule has 0 N–H and O–H groups in total. The van der Waals surface area contributed by atoms with Crippen LogP contribution in [0.25, 0.3) is 10.9 Å². The van der Waals surface area contributed by atoms with Crippen molar-refractivity contribution >= 4 is 28.4 Å². The minimum absolute atomic E-state index is 0.0544. The molecule has 0 spiro atoms. The van der Waals surface area contributed by atoms with Crippen LogP contribution in [0.4, 0.5) is 0 Å². The number of likely N-dealkylation sites (tertiary alicyclic amines) is 1. The van der Waals surface area contributed by atoms with Crippen LogP contribution < -0.4 is 0 Å². The Hall–Kier alpha value is -1.65. The Balaban J connectivity index is 1.85. The Morgan fingerprint density at radius 1 is 1.48 bits per heavy atom. The van der Waals surface area contributed by atoms with Crippen molar-refractivity contribution in [2.75, 3.05) is 26.8 Å². The van der Waals surface area contributed by atoms with Crippen molar-refractivity contribution in [1.82, 2.24) is 9.88 Å². The lowest BCUT2D eigenvalue weighted by molar-refractivity contribution is 0.0770. The number of fused-ring (bicyclic) bond motifs is 1. The summed E-state index contributed by atoms with van der Waals surface area (Å²) < 4.78 is 5.16. The predicted molar refractivity (Wildman–Crippen MR) is 82.6 cm³/mol. The van der Waals surface area contributed by atoms with E-state index < -0.39 is 0 Å². The van der Waals surface area contributed by atoms with Crippen LogP contribution >= 0.6 is 11.6 Å².